The first-order valence-electron chi connectivity index (χ1n) is 6.15. The molecule has 100 valence electrons. The maximum absolute atomic E-state index is 6.27. The van der Waals surface area contributed by atoms with Gasteiger partial charge < -0.3 is 5.32 Å². The van der Waals surface area contributed by atoms with Gasteiger partial charge in [-0.1, -0.05) is 39.7 Å². The summed E-state index contributed by atoms with van der Waals surface area (Å²) in [5.74, 6) is 0. The van der Waals surface area contributed by atoms with Gasteiger partial charge in [0, 0.05) is 15.2 Å². The largest absolute Gasteiger partial charge is 0.311 e. The molecule has 1 atom stereocenters. The number of nitrogens with one attached hydrogen (secondary N) is 1. The van der Waals surface area contributed by atoms with E-state index in [2.05, 4.69) is 26.2 Å². The van der Waals surface area contributed by atoms with Gasteiger partial charge in [0.1, 0.15) is 0 Å². The lowest BCUT2D eigenvalue weighted by atomic mass is 10.0. The van der Waals surface area contributed by atoms with Crippen LogP contribution in [0.3, 0.4) is 0 Å². The summed E-state index contributed by atoms with van der Waals surface area (Å²) in [4.78, 5) is 4.57. The fourth-order valence-electron chi connectivity index (χ4n) is 2.02. The minimum Gasteiger partial charge on any atom is -0.311 e. The van der Waals surface area contributed by atoms with E-state index in [0.717, 1.165) is 32.9 Å². The maximum Gasteiger partial charge on any atom is 0.0579 e. The van der Waals surface area contributed by atoms with Gasteiger partial charge >= 0.3 is 0 Å². The number of benzene rings is 1. The van der Waals surface area contributed by atoms with Crippen molar-refractivity contribution in [2.24, 2.45) is 0 Å². The van der Waals surface area contributed by atoms with E-state index in [1.54, 1.807) is 0 Å². The Bertz CT molecular complexity index is 572. The summed E-state index contributed by atoms with van der Waals surface area (Å²) in [6.07, 6.45) is 0.819. The second-order valence-corrected chi connectivity index (χ2v) is 5.81. The fraction of sp³-hybridized carbons (Fsp3) is 0.267. The van der Waals surface area contributed by atoms with Gasteiger partial charge in [0.25, 0.3) is 0 Å². The van der Waals surface area contributed by atoms with E-state index in [1.807, 2.05) is 50.4 Å². The molecular weight excluding hydrogens is 324 g/mol. The van der Waals surface area contributed by atoms with Crippen LogP contribution in [0, 0.1) is 6.92 Å². The van der Waals surface area contributed by atoms with Crippen LogP contribution in [0.2, 0.25) is 5.02 Å². The van der Waals surface area contributed by atoms with Gasteiger partial charge in [0.2, 0.25) is 0 Å². The third-order valence-corrected chi connectivity index (χ3v) is 3.90. The van der Waals surface area contributed by atoms with Gasteiger partial charge in [0.05, 0.1) is 11.7 Å². The Morgan fingerprint density at radius 3 is 2.74 bits per heavy atom. The summed E-state index contributed by atoms with van der Waals surface area (Å²) in [6.45, 7) is 2.00. The molecule has 1 N–H and O–H groups in total. The number of hydrogen-bond donors (Lipinski definition) is 1. The number of likely N-dealkylation sites (N-methyl/N-ethyl adjacent to an activating group) is 1. The summed E-state index contributed by atoms with van der Waals surface area (Å²) in [5.41, 5.74) is 3.19. The van der Waals surface area contributed by atoms with Crippen LogP contribution in [0.25, 0.3) is 0 Å². The van der Waals surface area contributed by atoms with Crippen LogP contribution >= 0.6 is 27.5 Å². The molecule has 0 saturated heterocycles. The molecule has 4 heteroatoms. The Kier molecular flexibility index (Phi) is 4.97. The Hall–Kier alpha value is -0.900. The number of rotatable bonds is 4. The van der Waals surface area contributed by atoms with Crippen molar-refractivity contribution >= 4 is 27.5 Å². The molecule has 2 nitrogen and oxygen atoms in total. The Balaban J connectivity index is 2.24. The summed E-state index contributed by atoms with van der Waals surface area (Å²) in [6, 6.07) is 12.2. The molecule has 1 heterocycles. The van der Waals surface area contributed by atoms with Crippen molar-refractivity contribution < 1.29 is 0 Å². The van der Waals surface area contributed by atoms with Gasteiger partial charge in [0.15, 0.2) is 0 Å². The summed E-state index contributed by atoms with van der Waals surface area (Å²) in [7, 11) is 1.95. The van der Waals surface area contributed by atoms with Crippen LogP contribution in [0.5, 0.6) is 0 Å². The predicted octanol–water partition coefficient (Wildman–Crippen LogP) is 4.31. The maximum atomic E-state index is 6.27. The molecule has 2 aromatic rings. The summed E-state index contributed by atoms with van der Waals surface area (Å²) >= 11 is 9.69. The number of aryl methyl sites for hydroxylation is 1. The van der Waals surface area contributed by atoms with Crippen molar-refractivity contribution in [3.8, 4) is 0 Å². The lowest BCUT2D eigenvalue weighted by molar-refractivity contribution is 0.574. The lowest BCUT2D eigenvalue weighted by Crippen LogP contribution is -2.20. The second kappa shape index (κ2) is 6.51. The van der Waals surface area contributed by atoms with E-state index in [-0.39, 0.29) is 6.04 Å². The van der Waals surface area contributed by atoms with E-state index in [1.165, 1.54) is 0 Å². The van der Waals surface area contributed by atoms with Gasteiger partial charge in [-0.15, -0.1) is 0 Å². The molecule has 0 fully saturated rings. The van der Waals surface area contributed by atoms with Crippen molar-refractivity contribution in [2.45, 2.75) is 19.4 Å². The zero-order chi connectivity index (χ0) is 13.8. The molecule has 1 aromatic heterocycles. The normalized spacial score (nSPS) is 12.4. The van der Waals surface area contributed by atoms with Gasteiger partial charge in [-0.05, 0) is 50.2 Å². The molecule has 1 unspecified atom stereocenters. The van der Waals surface area contributed by atoms with Gasteiger partial charge in [-0.2, -0.15) is 0 Å². The van der Waals surface area contributed by atoms with E-state index in [0.29, 0.717) is 0 Å². The summed E-state index contributed by atoms with van der Waals surface area (Å²) < 4.78 is 0.996. The molecular formula is C15H16BrClN2. The van der Waals surface area contributed by atoms with E-state index >= 15 is 0 Å². The number of aromatic nitrogens is 1. The van der Waals surface area contributed by atoms with Crippen LogP contribution in [-0.2, 0) is 6.42 Å². The highest BCUT2D eigenvalue weighted by Crippen LogP contribution is 2.25. The molecule has 0 aliphatic rings. The van der Waals surface area contributed by atoms with Crippen molar-refractivity contribution in [3.05, 3.63) is 62.8 Å². The molecule has 0 bridgehead atoms. The number of hydrogen-bond acceptors (Lipinski definition) is 2. The monoisotopic (exact) mass is 338 g/mol. The standard InChI is InChI=1S/C15H16BrClN2/c1-10-4-3-5-14(19-10)15(18-2)8-11-6-7-12(16)9-13(11)17/h3-7,9,15,18H,8H2,1-2H3. The van der Waals surface area contributed by atoms with Crippen LogP contribution in [-0.4, -0.2) is 12.0 Å². The predicted molar refractivity (Wildman–Crippen MR) is 83.6 cm³/mol. The zero-order valence-electron chi connectivity index (χ0n) is 11.0. The summed E-state index contributed by atoms with van der Waals surface area (Å²) in [5, 5.41) is 4.08. The molecule has 0 aliphatic carbocycles. The highest BCUT2D eigenvalue weighted by atomic mass is 79.9. The highest BCUT2D eigenvalue weighted by Gasteiger charge is 2.13. The molecule has 0 saturated carbocycles. The second-order valence-electron chi connectivity index (χ2n) is 4.48. The number of nitrogens with zero attached hydrogens (tertiary/aromatic N) is 1. The van der Waals surface area contributed by atoms with Crippen molar-refractivity contribution in [2.75, 3.05) is 7.05 Å². The average Bonchev–Trinajstić information content (AvgIpc) is 2.38. The highest BCUT2D eigenvalue weighted by molar-refractivity contribution is 9.10. The molecule has 0 radical (unpaired) electrons. The first kappa shape index (κ1) is 14.5. The molecule has 0 spiro atoms. The fourth-order valence-corrected chi connectivity index (χ4v) is 2.77. The molecule has 2 rings (SSSR count). The smallest absolute Gasteiger partial charge is 0.0579 e. The van der Waals surface area contributed by atoms with E-state index in [9.17, 15) is 0 Å². The SMILES string of the molecule is CNC(Cc1ccc(Br)cc1Cl)c1cccc(C)n1. The third-order valence-electron chi connectivity index (χ3n) is 3.05. The van der Waals surface area contributed by atoms with Crippen molar-refractivity contribution in [1.29, 1.82) is 0 Å². The Morgan fingerprint density at radius 2 is 2.11 bits per heavy atom. The van der Waals surface area contributed by atoms with Crippen LogP contribution < -0.4 is 5.32 Å². The molecule has 0 aliphatic heterocycles. The van der Waals surface area contributed by atoms with Crippen LogP contribution in [0.1, 0.15) is 23.0 Å². The topological polar surface area (TPSA) is 24.9 Å². The van der Waals surface area contributed by atoms with Gasteiger partial charge in [-0.25, -0.2) is 0 Å². The van der Waals surface area contributed by atoms with Crippen molar-refractivity contribution in [3.63, 3.8) is 0 Å². The first-order valence-corrected chi connectivity index (χ1v) is 7.32. The van der Waals surface area contributed by atoms with Crippen LogP contribution in [0.4, 0.5) is 0 Å². The minimum absolute atomic E-state index is 0.165. The minimum atomic E-state index is 0.165. The number of pyridine rings is 1. The average molecular weight is 340 g/mol. The quantitative estimate of drug-likeness (QED) is 0.898. The molecule has 1 aromatic carbocycles. The molecule has 19 heavy (non-hydrogen) atoms. The first-order chi connectivity index (χ1) is 9.10. The zero-order valence-corrected chi connectivity index (χ0v) is 13.3. The third kappa shape index (κ3) is 3.78. The van der Waals surface area contributed by atoms with E-state index in [4.69, 9.17) is 11.6 Å². The van der Waals surface area contributed by atoms with E-state index < -0.39 is 0 Å². The number of halogens is 2. The Morgan fingerprint density at radius 1 is 1.32 bits per heavy atom. The van der Waals surface area contributed by atoms with Crippen molar-refractivity contribution in [1.82, 2.24) is 10.3 Å². The molecule has 0 amide bonds. The van der Waals surface area contributed by atoms with Gasteiger partial charge in [-0.3, -0.25) is 4.98 Å². The Labute approximate surface area is 127 Å². The lowest BCUT2D eigenvalue weighted by Gasteiger charge is -2.17. The van der Waals surface area contributed by atoms with Crippen LogP contribution in [0.15, 0.2) is 40.9 Å².